The maximum absolute atomic E-state index is 11.9. The van der Waals surface area contributed by atoms with E-state index in [9.17, 15) is 9.59 Å². The lowest BCUT2D eigenvalue weighted by Gasteiger charge is -2.20. The van der Waals surface area contributed by atoms with Crippen LogP contribution in [0.4, 0.5) is 5.69 Å². The zero-order valence-electron chi connectivity index (χ0n) is 9.95. The molecule has 1 aliphatic rings. The molecule has 0 saturated carbocycles. The summed E-state index contributed by atoms with van der Waals surface area (Å²) in [6.45, 7) is 0.550. The van der Waals surface area contributed by atoms with Crippen molar-refractivity contribution in [2.45, 2.75) is 11.2 Å². The van der Waals surface area contributed by atoms with E-state index in [1.807, 2.05) is 0 Å². The third-order valence-electron chi connectivity index (χ3n) is 2.79. The van der Waals surface area contributed by atoms with Gasteiger partial charge in [0, 0.05) is 22.3 Å². The van der Waals surface area contributed by atoms with Gasteiger partial charge in [0.05, 0.1) is 23.4 Å². The Morgan fingerprint density at radius 3 is 2.68 bits per heavy atom. The van der Waals surface area contributed by atoms with Crippen LogP contribution >= 0.6 is 43.5 Å². The SMILES string of the molecule is COC(=O)c1cc(Cl)c(N2CC(Br)CC2=O)c(Br)c1. The normalized spacial score (nSPS) is 18.8. The number of hydrogen-bond acceptors (Lipinski definition) is 3. The number of rotatable bonds is 2. The highest BCUT2D eigenvalue weighted by Crippen LogP contribution is 2.38. The maximum Gasteiger partial charge on any atom is 0.337 e. The molecule has 1 amide bonds. The summed E-state index contributed by atoms with van der Waals surface area (Å²) in [6, 6.07) is 3.10. The Labute approximate surface area is 132 Å². The van der Waals surface area contributed by atoms with Gasteiger partial charge in [-0.2, -0.15) is 0 Å². The third-order valence-corrected chi connectivity index (χ3v) is 4.29. The van der Waals surface area contributed by atoms with Gasteiger partial charge in [0.1, 0.15) is 0 Å². The molecule has 0 N–H and O–H groups in total. The molecule has 1 atom stereocenters. The van der Waals surface area contributed by atoms with E-state index in [2.05, 4.69) is 36.6 Å². The Morgan fingerprint density at radius 2 is 2.21 bits per heavy atom. The van der Waals surface area contributed by atoms with Crippen LogP contribution in [0.5, 0.6) is 0 Å². The van der Waals surface area contributed by atoms with Crippen LogP contribution in [-0.2, 0) is 9.53 Å². The summed E-state index contributed by atoms with van der Waals surface area (Å²) in [4.78, 5) is 25.1. The summed E-state index contributed by atoms with van der Waals surface area (Å²) < 4.78 is 5.24. The summed E-state index contributed by atoms with van der Waals surface area (Å²) in [7, 11) is 1.30. The Kier molecular flexibility index (Phi) is 4.53. The van der Waals surface area contributed by atoms with Crippen molar-refractivity contribution in [1.29, 1.82) is 0 Å². The van der Waals surface area contributed by atoms with Crippen LogP contribution in [-0.4, -0.2) is 30.4 Å². The van der Waals surface area contributed by atoms with Crippen molar-refractivity contribution < 1.29 is 14.3 Å². The molecule has 1 fully saturated rings. The first kappa shape index (κ1) is 14.8. The second kappa shape index (κ2) is 5.81. The minimum Gasteiger partial charge on any atom is -0.465 e. The number of halogens is 3. The minimum absolute atomic E-state index is 0.00436. The van der Waals surface area contributed by atoms with Gasteiger partial charge in [-0.3, -0.25) is 4.79 Å². The van der Waals surface area contributed by atoms with Gasteiger partial charge < -0.3 is 9.64 Å². The minimum atomic E-state index is -0.472. The van der Waals surface area contributed by atoms with Crippen LogP contribution in [0.2, 0.25) is 5.02 Å². The Morgan fingerprint density at radius 1 is 1.53 bits per heavy atom. The molecule has 1 aliphatic heterocycles. The lowest BCUT2D eigenvalue weighted by molar-refractivity contribution is -0.117. The molecule has 102 valence electrons. The number of benzene rings is 1. The van der Waals surface area contributed by atoms with Crippen LogP contribution in [0.3, 0.4) is 0 Å². The zero-order chi connectivity index (χ0) is 14.2. The lowest BCUT2D eigenvalue weighted by atomic mass is 10.2. The van der Waals surface area contributed by atoms with Crippen LogP contribution in [0, 0.1) is 0 Å². The summed E-state index contributed by atoms with van der Waals surface area (Å²) in [6.07, 6.45) is 0.432. The number of nitrogens with zero attached hydrogens (tertiary/aromatic N) is 1. The first-order chi connectivity index (χ1) is 8.93. The summed E-state index contributed by atoms with van der Waals surface area (Å²) >= 11 is 13.0. The van der Waals surface area contributed by atoms with E-state index in [-0.39, 0.29) is 10.7 Å². The first-order valence-electron chi connectivity index (χ1n) is 5.45. The average Bonchev–Trinajstić information content (AvgIpc) is 2.66. The molecule has 0 bridgehead atoms. The predicted molar refractivity (Wildman–Crippen MR) is 80.2 cm³/mol. The largest absolute Gasteiger partial charge is 0.465 e. The number of esters is 1. The Bertz CT molecular complexity index is 527. The van der Waals surface area contributed by atoms with Gasteiger partial charge in [-0.25, -0.2) is 4.79 Å². The standard InChI is InChI=1S/C12H10Br2ClNO3/c1-19-12(18)6-2-8(14)11(9(15)3-6)16-5-7(13)4-10(16)17/h2-3,7H,4-5H2,1H3. The summed E-state index contributed by atoms with van der Waals surface area (Å²) in [5, 5.41) is 0.338. The van der Waals surface area contributed by atoms with Crippen molar-refractivity contribution in [2.75, 3.05) is 18.6 Å². The van der Waals surface area contributed by atoms with E-state index in [4.69, 9.17) is 11.6 Å². The quantitative estimate of drug-likeness (QED) is 0.554. The second-order valence-corrected chi connectivity index (χ2v) is 6.64. The lowest BCUT2D eigenvalue weighted by Crippen LogP contribution is -2.25. The molecule has 0 aromatic heterocycles. The Balaban J connectivity index is 2.43. The molecule has 1 saturated heterocycles. The molecule has 1 heterocycles. The molecule has 0 spiro atoms. The van der Waals surface area contributed by atoms with E-state index in [0.29, 0.717) is 33.7 Å². The van der Waals surface area contributed by atoms with Crippen molar-refractivity contribution in [3.05, 3.63) is 27.2 Å². The molecule has 19 heavy (non-hydrogen) atoms. The summed E-state index contributed by atoms with van der Waals surface area (Å²) in [5.41, 5.74) is 0.923. The van der Waals surface area contributed by atoms with Crippen LogP contribution < -0.4 is 4.90 Å². The topological polar surface area (TPSA) is 46.6 Å². The van der Waals surface area contributed by atoms with Gasteiger partial charge in [0.25, 0.3) is 0 Å². The van der Waals surface area contributed by atoms with Gasteiger partial charge in [0.2, 0.25) is 5.91 Å². The van der Waals surface area contributed by atoms with Gasteiger partial charge in [-0.05, 0) is 28.1 Å². The highest BCUT2D eigenvalue weighted by atomic mass is 79.9. The number of methoxy groups -OCH3 is 1. The van der Waals surface area contributed by atoms with Crippen molar-refractivity contribution in [3.8, 4) is 0 Å². The van der Waals surface area contributed by atoms with Crippen molar-refractivity contribution in [1.82, 2.24) is 0 Å². The molecule has 1 unspecified atom stereocenters. The molecule has 1 aromatic carbocycles. The smallest absolute Gasteiger partial charge is 0.337 e. The van der Waals surface area contributed by atoms with Gasteiger partial charge in [0.15, 0.2) is 0 Å². The van der Waals surface area contributed by atoms with Gasteiger partial charge in [-0.15, -0.1) is 0 Å². The molecule has 2 rings (SSSR count). The molecule has 4 nitrogen and oxygen atoms in total. The molecular weight excluding hydrogens is 401 g/mol. The van der Waals surface area contributed by atoms with E-state index in [0.717, 1.165) is 0 Å². The number of anilines is 1. The average molecular weight is 411 g/mol. The molecular formula is C12H10Br2ClNO3. The van der Waals surface area contributed by atoms with Crippen LogP contribution in [0.25, 0.3) is 0 Å². The van der Waals surface area contributed by atoms with Crippen LogP contribution in [0.1, 0.15) is 16.8 Å². The molecule has 7 heteroatoms. The number of amides is 1. The first-order valence-corrected chi connectivity index (χ1v) is 7.54. The molecule has 0 aliphatic carbocycles. The number of carbonyl (C=O) groups is 2. The van der Waals surface area contributed by atoms with Crippen molar-refractivity contribution in [3.63, 3.8) is 0 Å². The summed E-state index contributed by atoms with van der Waals surface area (Å²) in [5.74, 6) is -0.476. The molecule has 1 aromatic rings. The predicted octanol–water partition coefficient (Wildman–Crippen LogP) is 3.39. The third kappa shape index (κ3) is 2.95. The van der Waals surface area contributed by atoms with E-state index in [1.165, 1.54) is 13.2 Å². The highest BCUT2D eigenvalue weighted by molar-refractivity contribution is 9.10. The Hall–Kier alpha value is -0.590. The monoisotopic (exact) mass is 409 g/mol. The van der Waals surface area contributed by atoms with Crippen molar-refractivity contribution >= 4 is 61.0 Å². The highest BCUT2D eigenvalue weighted by Gasteiger charge is 2.31. The van der Waals surface area contributed by atoms with Gasteiger partial charge >= 0.3 is 5.97 Å². The fourth-order valence-electron chi connectivity index (χ4n) is 1.94. The fourth-order valence-corrected chi connectivity index (χ4v) is 3.62. The maximum atomic E-state index is 11.9. The molecule has 0 radical (unpaired) electrons. The van der Waals surface area contributed by atoms with E-state index < -0.39 is 5.97 Å². The number of ether oxygens (including phenoxy) is 1. The van der Waals surface area contributed by atoms with Crippen molar-refractivity contribution in [2.24, 2.45) is 0 Å². The number of carbonyl (C=O) groups excluding carboxylic acids is 2. The number of alkyl halides is 1. The second-order valence-electron chi connectivity index (χ2n) is 4.09. The van der Waals surface area contributed by atoms with Gasteiger partial charge in [-0.1, -0.05) is 27.5 Å². The van der Waals surface area contributed by atoms with E-state index in [1.54, 1.807) is 11.0 Å². The van der Waals surface area contributed by atoms with E-state index >= 15 is 0 Å². The fraction of sp³-hybridized carbons (Fsp3) is 0.333. The zero-order valence-corrected chi connectivity index (χ0v) is 13.9. The van der Waals surface area contributed by atoms with Crippen LogP contribution in [0.15, 0.2) is 16.6 Å². The number of hydrogen-bond donors (Lipinski definition) is 0.